The van der Waals surface area contributed by atoms with Gasteiger partial charge in [0.05, 0.1) is 12.6 Å². The van der Waals surface area contributed by atoms with Gasteiger partial charge >= 0.3 is 0 Å². The minimum absolute atomic E-state index is 0.0234. The smallest absolute Gasteiger partial charge is 0.203 e. The summed E-state index contributed by atoms with van der Waals surface area (Å²) in [4.78, 5) is 6.18. The molecular formula is C14H16N6O. The lowest BCUT2D eigenvalue weighted by Crippen LogP contribution is -2.32. The van der Waals surface area contributed by atoms with Crippen LogP contribution in [0.25, 0.3) is 17.2 Å². The Kier molecular flexibility index (Phi) is 3.49. The average molecular weight is 284 g/mol. The van der Waals surface area contributed by atoms with Gasteiger partial charge < -0.3 is 10.0 Å². The standard InChI is InChI=1S/C14H16N6O/c1-10(9-21)19(2)13-7-6-12-16-17-14(20(12)18-13)11-5-3-4-8-15-11/h3-8,10,21H,9H2,1-2H3/t10-/m1/s1. The number of aliphatic hydroxyl groups excluding tert-OH is 1. The largest absolute Gasteiger partial charge is 0.394 e. The Balaban J connectivity index is 2.08. The van der Waals surface area contributed by atoms with Crippen LogP contribution in [-0.2, 0) is 0 Å². The molecule has 0 aromatic carbocycles. The molecule has 3 rings (SSSR count). The van der Waals surface area contributed by atoms with Crippen LogP contribution >= 0.6 is 0 Å². The fourth-order valence-corrected chi connectivity index (χ4v) is 1.97. The topological polar surface area (TPSA) is 79.4 Å². The van der Waals surface area contributed by atoms with E-state index in [9.17, 15) is 5.11 Å². The van der Waals surface area contributed by atoms with Crippen molar-refractivity contribution in [2.75, 3.05) is 18.6 Å². The monoisotopic (exact) mass is 284 g/mol. The molecule has 1 N–H and O–H groups in total. The predicted molar refractivity (Wildman–Crippen MR) is 79.0 cm³/mol. The molecule has 3 heterocycles. The van der Waals surface area contributed by atoms with Gasteiger partial charge in [0.25, 0.3) is 0 Å². The summed E-state index contributed by atoms with van der Waals surface area (Å²) in [5.74, 6) is 1.33. The van der Waals surface area contributed by atoms with Gasteiger partial charge in [-0.2, -0.15) is 4.52 Å². The van der Waals surface area contributed by atoms with Crippen molar-refractivity contribution in [3.05, 3.63) is 36.5 Å². The molecule has 0 fully saturated rings. The summed E-state index contributed by atoms with van der Waals surface area (Å²) < 4.78 is 1.66. The highest BCUT2D eigenvalue weighted by molar-refractivity contribution is 5.55. The normalized spacial score (nSPS) is 12.5. The lowest BCUT2D eigenvalue weighted by atomic mass is 10.3. The first-order chi connectivity index (χ1) is 10.2. The van der Waals surface area contributed by atoms with Crippen molar-refractivity contribution in [2.24, 2.45) is 0 Å². The lowest BCUT2D eigenvalue weighted by molar-refractivity contribution is 0.269. The maximum atomic E-state index is 9.26. The van der Waals surface area contributed by atoms with Crippen LogP contribution in [0.5, 0.6) is 0 Å². The van der Waals surface area contributed by atoms with Crippen LogP contribution in [-0.4, -0.2) is 49.6 Å². The molecule has 0 amide bonds. The molecule has 0 radical (unpaired) electrons. The third-order valence-electron chi connectivity index (χ3n) is 3.43. The number of likely N-dealkylation sites (N-methyl/N-ethyl adjacent to an activating group) is 1. The molecule has 0 saturated heterocycles. The van der Waals surface area contributed by atoms with Crippen LogP contribution in [0.15, 0.2) is 36.5 Å². The van der Waals surface area contributed by atoms with Crippen molar-refractivity contribution >= 4 is 11.5 Å². The zero-order valence-electron chi connectivity index (χ0n) is 11.9. The molecule has 0 spiro atoms. The Hall–Kier alpha value is -2.54. The first kappa shape index (κ1) is 13.4. The SMILES string of the molecule is C[C@H](CO)N(C)c1ccc2nnc(-c3ccccn3)n2n1. The molecule has 7 nitrogen and oxygen atoms in total. The van der Waals surface area contributed by atoms with Gasteiger partial charge in [0, 0.05) is 13.2 Å². The van der Waals surface area contributed by atoms with E-state index in [1.165, 1.54) is 0 Å². The highest BCUT2D eigenvalue weighted by Crippen LogP contribution is 2.18. The number of nitrogens with zero attached hydrogens (tertiary/aromatic N) is 6. The van der Waals surface area contributed by atoms with Crippen molar-refractivity contribution in [2.45, 2.75) is 13.0 Å². The average Bonchev–Trinajstić information content (AvgIpc) is 2.97. The molecule has 0 aliphatic heterocycles. The van der Waals surface area contributed by atoms with Crippen LogP contribution in [0.2, 0.25) is 0 Å². The van der Waals surface area contributed by atoms with E-state index in [0.717, 1.165) is 5.82 Å². The minimum atomic E-state index is -0.0234. The Morgan fingerprint density at radius 3 is 2.81 bits per heavy atom. The first-order valence-electron chi connectivity index (χ1n) is 6.68. The second kappa shape index (κ2) is 5.45. The molecule has 7 heteroatoms. The second-order valence-corrected chi connectivity index (χ2v) is 4.84. The van der Waals surface area contributed by atoms with Crippen molar-refractivity contribution in [3.63, 3.8) is 0 Å². The molecule has 1 atom stereocenters. The van der Waals surface area contributed by atoms with E-state index >= 15 is 0 Å². The van der Waals surface area contributed by atoms with Gasteiger partial charge in [-0.25, -0.2) is 0 Å². The zero-order valence-corrected chi connectivity index (χ0v) is 11.9. The molecule has 0 aliphatic carbocycles. The fourth-order valence-electron chi connectivity index (χ4n) is 1.97. The van der Waals surface area contributed by atoms with Crippen LogP contribution in [0.1, 0.15) is 6.92 Å². The molecule has 108 valence electrons. The van der Waals surface area contributed by atoms with Crippen LogP contribution in [0, 0.1) is 0 Å². The summed E-state index contributed by atoms with van der Waals surface area (Å²) in [7, 11) is 1.89. The molecule has 3 aromatic rings. The fraction of sp³-hybridized carbons (Fsp3) is 0.286. The minimum Gasteiger partial charge on any atom is -0.394 e. The Morgan fingerprint density at radius 1 is 1.24 bits per heavy atom. The number of aliphatic hydroxyl groups is 1. The second-order valence-electron chi connectivity index (χ2n) is 4.84. The number of rotatable bonds is 4. The zero-order chi connectivity index (χ0) is 14.8. The third-order valence-corrected chi connectivity index (χ3v) is 3.43. The Morgan fingerprint density at radius 2 is 2.10 bits per heavy atom. The quantitative estimate of drug-likeness (QED) is 0.770. The van der Waals surface area contributed by atoms with Gasteiger partial charge in [-0.15, -0.1) is 15.3 Å². The molecule has 0 saturated carbocycles. The van der Waals surface area contributed by atoms with Crippen LogP contribution < -0.4 is 4.90 Å². The van der Waals surface area contributed by atoms with Gasteiger partial charge in [-0.05, 0) is 31.2 Å². The summed E-state index contributed by atoms with van der Waals surface area (Å²) in [6.45, 7) is 1.99. The first-order valence-corrected chi connectivity index (χ1v) is 6.68. The number of hydrogen-bond acceptors (Lipinski definition) is 6. The van der Waals surface area contributed by atoms with Crippen molar-refractivity contribution in [3.8, 4) is 11.5 Å². The predicted octanol–water partition coefficient (Wildman–Crippen LogP) is 1.00. The van der Waals surface area contributed by atoms with E-state index < -0.39 is 0 Å². The third kappa shape index (κ3) is 2.43. The summed E-state index contributed by atoms with van der Waals surface area (Å²) in [6, 6.07) is 9.30. The summed E-state index contributed by atoms with van der Waals surface area (Å²) in [6.07, 6.45) is 1.71. The van der Waals surface area contributed by atoms with Gasteiger partial charge in [0.1, 0.15) is 11.5 Å². The van der Waals surface area contributed by atoms with Gasteiger partial charge in [-0.1, -0.05) is 6.07 Å². The van der Waals surface area contributed by atoms with Crippen molar-refractivity contribution < 1.29 is 5.11 Å². The maximum Gasteiger partial charge on any atom is 0.203 e. The Bertz CT molecular complexity index is 742. The molecule has 0 unspecified atom stereocenters. The molecule has 3 aromatic heterocycles. The number of pyridine rings is 1. The molecular weight excluding hydrogens is 268 g/mol. The van der Waals surface area contributed by atoms with Crippen LogP contribution in [0.3, 0.4) is 0 Å². The van der Waals surface area contributed by atoms with Gasteiger partial charge in [0.15, 0.2) is 5.65 Å². The van der Waals surface area contributed by atoms with Crippen molar-refractivity contribution in [1.29, 1.82) is 0 Å². The number of anilines is 1. The van der Waals surface area contributed by atoms with Gasteiger partial charge in [0.2, 0.25) is 5.82 Å². The van der Waals surface area contributed by atoms with E-state index in [4.69, 9.17) is 0 Å². The van der Waals surface area contributed by atoms with E-state index in [-0.39, 0.29) is 12.6 Å². The summed E-state index contributed by atoms with van der Waals surface area (Å²) >= 11 is 0. The summed E-state index contributed by atoms with van der Waals surface area (Å²) in [5, 5.41) is 22.1. The molecule has 0 aliphatic rings. The lowest BCUT2D eigenvalue weighted by Gasteiger charge is -2.23. The Labute approximate surface area is 121 Å². The van der Waals surface area contributed by atoms with E-state index in [1.807, 2.05) is 49.2 Å². The highest BCUT2D eigenvalue weighted by atomic mass is 16.3. The van der Waals surface area contributed by atoms with Crippen LogP contribution in [0.4, 0.5) is 5.82 Å². The number of hydrogen-bond donors (Lipinski definition) is 1. The van der Waals surface area contributed by atoms with E-state index in [0.29, 0.717) is 17.2 Å². The summed E-state index contributed by atoms with van der Waals surface area (Å²) in [5.41, 5.74) is 1.37. The number of fused-ring (bicyclic) bond motifs is 1. The molecule has 0 bridgehead atoms. The maximum absolute atomic E-state index is 9.26. The molecule has 21 heavy (non-hydrogen) atoms. The van der Waals surface area contributed by atoms with E-state index in [2.05, 4.69) is 20.3 Å². The number of aromatic nitrogens is 5. The van der Waals surface area contributed by atoms with Gasteiger partial charge in [-0.3, -0.25) is 4.98 Å². The highest BCUT2D eigenvalue weighted by Gasteiger charge is 2.14. The van der Waals surface area contributed by atoms with E-state index in [1.54, 1.807) is 10.7 Å². The van der Waals surface area contributed by atoms with Crippen molar-refractivity contribution in [1.82, 2.24) is 24.8 Å².